The van der Waals surface area contributed by atoms with Crippen molar-refractivity contribution in [3.8, 4) is 0 Å². The Morgan fingerprint density at radius 3 is 2.41 bits per heavy atom. The van der Waals surface area contributed by atoms with Gasteiger partial charge in [0.2, 0.25) is 5.91 Å². The molecule has 0 atom stereocenters. The smallest absolute Gasteiger partial charge is 0.250 e. The van der Waals surface area contributed by atoms with Crippen LogP contribution >= 0.6 is 11.3 Å². The Labute approximate surface area is 134 Å². The van der Waals surface area contributed by atoms with Crippen molar-refractivity contribution in [1.29, 1.82) is 0 Å². The van der Waals surface area contributed by atoms with Crippen molar-refractivity contribution in [1.82, 2.24) is 4.72 Å². The fourth-order valence-corrected chi connectivity index (χ4v) is 4.29. The number of thiophene rings is 1. The number of rotatable bonds is 6. The van der Waals surface area contributed by atoms with E-state index in [4.69, 9.17) is 0 Å². The SMILES string of the molecule is CCN(C(=O)CNS(=O)(=O)c1ccc(C)s1)c1ccccc1. The standard InChI is InChI=1S/C15H18N2O3S2/c1-3-17(13-7-5-4-6-8-13)14(18)11-16-22(19,20)15-10-9-12(2)21-15/h4-10,16H,3,11H2,1-2H3. The van der Waals surface area contributed by atoms with E-state index in [0.717, 1.165) is 10.6 Å². The maximum absolute atomic E-state index is 12.3. The predicted molar refractivity (Wildman–Crippen MR) is 88.7 cm³/mol. The van der Waals surface area contributed by atoms with Gasteiger partial charge in [0.15, 0.2) is 0 Å². The average molecular weight is 338 g/mol. The van der Waals surface area contributed by atoms with E-state index in [9.17, 15) is 13.2 Å². The van der Waals surface area contributed by atoms with Gasteiger partial charge in [-0.3, -0.25) is 4.79 Å². The van der Waals surface area contributed by atoms with Gasteiger partial charge in [0, 0.05) is 17.1 Å². The maximum Gasteiger partial charge on any atom is 0.250 e. The number of carbonyl (C=O) groups excluding carboxylic acids is 1. The van der Waals surface area contributed by atoms with E-state index in [1.807, 2.05) is 44.2 Å². The first kappa shape index (κ1) is 16.7. The third-order valence-electron chi connectivity index (χ3n) is 3.08. The summed E-state index contributed by atoms with van der Waals surface area (Å²) in [5.74, 6) is -0.287. The third kappa shape index (κ3) is 3.94. The average Bonchev–Trinajstić information content (AvgIpc) is 2.95. The predicted octanol–water partition coefficient (Wildman–Crippen LogP) is 2.39. The second-order valence-electron chi connectivity index (χ2n) is 4.66. The molecule has 0 spiro atoms. The highest BCUT2D eigenvalue weighted by molar-refractivity contribution is 7.91. The van der Waals surface area contributed by atoms with Crippen LogP contribution in [0.5, 0.6) is 0 Å². The molecule has 1 heterocycles. The minimum atomic E-state index is -3.64. The lowest BCUT2D eigenvalue weighted by Crippen LogP contribution is -2.40. The highest BCUT2D eigenvalue weighted by Gasteiger charge is 2.20. The molecule has 0 bridgehead atoms. The molecule has 1 aromatic carbocycles. The van der Waals surface area contributed by atoms with E-state index in [2.05, 4.69) is 4.72 Å². The lowest BCUT2D eigenvalue weighted by molar-refractivity contribution is -0.117. The van der Waals surface area contributed by atoms with Crippen LogP contribution in [0.2, 0.25) is 0 Å². The van der Waals surface area contributed by atoms with E-state index in [-0.39, 0.29) is 16.7 Å². The molecule has 0 fully saturated rings. The Hall–Kier alpha value is -1.70. The molecule has 1 amide bonds. The first-order valence-electron chi connectivity index (χ1n) is 6.85. The molecule has 1 aromatic heterocycles. The molecule has 0 radical (unpaired) electrons. The first-order valence-corrected chi connectivity index (χ1v) is 9.15. The first-order chi connectivity index (χ1) is 10.4. The highest BCUT2D eigenvalue weighted by atomic mass is 32.2. The Kier molecular flexibility index (Phi) is 5.33. The van der Waals surface area contributed by atoms with Crippen LogP contribution in [0, 0.1) is 6.92 Å². The number of sulfonamides is 1. The Balaban J connectivity index is 2.05. The molecule has 0 aliphatic rings. The van der Waals surface area contributed by atoms with Gasteiger partial charge in [-0.25, -0.2) is 13.1 Å². The van der Waals surface area contributed by atoms with Crippen LogP contribution < -0.4 is 9.62 Å². The molecule has 0 aliphatic heterocycles. The number of para-hydroxylation sites is 1. The zero-order valence-corrected chi connectivity index (χ0v) is 14.1. The van der Waals surface area contributed by atoms with Crippen LogP contribution in [0.1, 0.15) is 11.8 Å². The summed E-state index contributed by atoms with van der Waals surface area (Å²) in [6, 6.07) is 12.5. The lowest BCUT2D eigenvalue weighted by atomic mass is 10.3. The summed E-state index contributed by atoms with van der Waals surface area (Å²) in [5, 5.41) is 0. The molecule has 0 saturated heterocycles. The van der Waals surface area contributed by atoms with E-state index in [1.54, 1.807) is 17.0 Å². The second kappa shape index (κ2) is 7.04. The van der Waals surface area contributed by atoms with Gasteiger partial charge < -0.3 is 4.90 Å². The molecule has 7 heteroatoms. The maximum atomic E-state index is 12.3. The van der Waals surface area contributed by atoms with Gasteiger partial charge in [-0.15, -0.1) is 11.3 Å². The van der Waals surface area contributed by atoms with Crippen molar-refractivity contribution >= 4 is 33.0 Å². The number of carbonyl (C=O) groups is 1. The Bertz CT molecular complexity index is 739. The monoisotopic (exact) mass is 338 g/mol. The van der Waals surface area contributed by atoms with Gasteiger partial charge in [-0.2, -0.15) is 0 Å². The number of hydrogen-bond donors (Lipinski definition) is 1. The van der Waals surface area contributed by atoms with Gasteiger partial charge in [-0.05, 0) is 38.1 Å². The molecule has 2 rings (SSSR count). The van der Waals surface area contributed by atoms with E-state index in [1.165, 1.54) is 11.3 Å². The molecule has 1 N–H and O–H groups in total. The number of nitrogens with one attached hydrogen (secondary N) is 1. The zero-order chi connectivity index (χ0) is 16.2. The fourth-order valence-electron chi connectivity index (χ4n) is 1.99. The molecule has 5 nitrogen and oxygen atoms in total. The van der Waals surface area contributed by atoms with Crippen molar-refractivity contribution in [2.45, 2.75) is 18.1 Å². The van der Waals surface area contributed by atoms with Crippen LogP contribution in [0.4, 0.5) is 5.69 Å². The van der Waals surface area contributed by atoms with Crippen LogP contribution in [0.3, 0.4) is 0 Å². The minimum absolute atomic E-state index is 0.223. The van der Waals surface area contributed by atoms with Crippen molar-refractivity contribution in [2.75, 3.05) is 18.0 Å². The summed E-state index contributed by atoms with van der Waals surface area (Å²) in [5.41, 5.74) is 0.751. The number of amides is 1. The van der Waals surface area contributed by atoms with Crippen LogP contribution in [0.15, 0.2) is 46.7 Å². The molecule has 22 heavy (non-hydrogen) atoms. The van der Waals surface area contributed by atoms with Gasteiger partial charge >= 0.3 is 0 Å². The largest absolute Gasteiger partial charge is 0.312 e. The number of anilines is 1. The summed E-state index contributed by atoms with van der Waals surface area (Å²) in [7, 11) is -3.64. The Morgan fingerprint density at radius 2 is 1.86 bits per heavy atom. The summed E-state index contributed by atoms with van der Waals surface area (Å²) in [4.78, 5) is 14.7. The molecular formula is C15H18N2O3S2. The second-order valence-corrected chi connectivity index (χ2v) is 7.94. The van der Waals surface area contributed by atoms with E-state index in [0.29, 0.717) is 6.54 Å². The highest BCUT2D eigenvalue weighted by Crippen LogP contribution is 2.20. The van der Waals surface area contributed by atoms with Gasteiger partial charge in [-0.1, -0.05) is 18.2 Å². The number of likely N-dealkylation sites (N-methyl/N-ethyl adjacent to an activating group) is 1. The zero-order valence-electron chi connectivity index (χ0n) is 12.4. The van der Waals surface area contributed by atoms with Crippen molar-refractivity contribution < 1.29 is 13.2 Å². The van der Waals surface area contributed by atoms with Crippen LogP contribution in [0.25, 0.3) is 0 Å². The van der Waals surface area contributed by atoms with Crippen molar-refractivity contribution in [3.63, 3.8) is 0 Å². The molecule has 2 aromatic rings. The number of hydrogen-bond acceptors (Lipinski definition) is 4. The lowest BCUT2D eigenvalue weighted by Gasteiger charge is -2.21. The van der Waals surface area contributed by atoms with Crippen LogP contribution in [-0.2, 0) is 14.8 Å². The minimum Gasteiger partial charge on any atom is -0.312 e. The van der Waals surface area contributed by atoms with E-state index < -0.39 is 10.0 Å². The fraction of sp³-hybridized carbons (Fsp3) is 0.267. The molecular weight excluding hydrogens is 320 g/mol. The van der Waals surface area contributed by atoms with Gasteiger partial charge in [0.1, 0.15) is 4.21 Å². The van der Waals surface area contributed by atoms with E-state index >= 15 is 0 Å². The summed E-state index contributed by atoms with van der Waals surface area (Å²) in [6.45, 7) is 3.90. The summed E-state index contributed by atoms with van der Waals surface area (Å²) >= 11 is 1.18. The summed E-state index contributed by atoms with van der Waals surface area (Å²) < 4.78 is 26.8. The number of nitrogens with zero attached hydrogens (tertiary/aromatic N) is 1. The molecule has 118 valence electrons. The quantitative estimate of drug-likeness (QED) is 0.879. The topological polar surface area (TPSA) is 66.5 Å². The molecule has 0 saturated carbocycles. The molecule has 0 unspecified atom stereocenters. The van der Waals surface area contributed by atoms with Crippen molar-refractivity contribution in [2.24, 2.45) is 0 Å². The normalized spacial score (nSPS) is 11.4. The van der Waals surface area contributed by atoms with Gasteiger partial charge in [0.05, 0.1) is 6.54 Å². The van der Waals surface area contributed by atoms with Gasteiger partial charge in [0.25, 0.3) is 10.0 Å². The number of aryl methyl sites for hydroxylation is 1. The van der Waals surface area contributed by atoms with Crippen molar-refractivity contribution in [3.05, 3.63) is 47.3 Å². The number of benzene rings is 1. The molecule has 0 aliphatic carbocycles. The van der Waals surface area contributed by atoms with Crippen LogP contribution in [-0.4, -0.2) is 27.4 Å². The third-order valence-corrected chi connectivity index (χ3v) is 5.97. The Morgan fingerprint density at radius 1 is 1.18 bits per heavy atom. The summed E-state index contributed by atoms with van der Waals surface area (Å²) in [6.07, 6.45) is 0.